The number of rotatable bonds is 3. The second kappa shape index (κ2) is 8.51. The highest BCUT2D eigenvalue weighted by Gasteiger charge is 2.33. The molecule has 0 bridgehead atoms. The number of aryl methyl sites for hydroxylation is 2. The van der Waals surface area contributed by atoms with Gasteiger partial charge in [-0.15, -0.1) is 0 Å². The molecule has 166 valence electrons. The number of amides is 2. The van der Waals surface area contributed by atoms with Crippen molar-refractivity contribution in [1.29, 1.82) is 0 Å². The summed E-state index contributed by atoms with van der Waals surface area (Å²) in [7, 11) is 1.66. The lowest BCUT2D eigenvalue weighted by atomic mass is 10.0. The molecular weight excluding hydrogens is 410 g/mol. The average Bonchev–Trinajstić information content (AvgIpc) is 3.23. The van der Waals surface area contributed by atoms with Gasteiger partial charge in [-0.2, -0.15) is 0 Å². The highest BCUT2D eigenvalue weighted by molar-refractivity contribution is 5.90. The van der Waals surface area contributed by atoms with Gasteiger partial charge in [-0.05, 0) is 78.6 Å². The molecule has 0 fully saturated rings. The van der Waals surface area contributed by atoms with Crippen molar-refractivity contribution >= 4 is 11.7 Å². The summed E-state index contributed by atoms with van der Waals surface area (Å²) in [6.45, 7) is 4.57. The molecule has 33 heavy (non-hydrogen) atoms. The Hall–Kier alpha value is -3.99. The number of hydrogen-bond donors (Lipinski definition) is 1. The number of anilines is 1. The Labute approximate surface area is 194 Å². The van der Waals surface area contributed by atoms with E-state index in [4.69, 9.17) is 4.74 Å². The lowest BCUT2D eigenvalue weighted by molar-refractivity contribution is 0.194. The van der Waals surface area contributed by atoms with Crippen LogP contribution in [0.5, 0.6) is 5.75 Å². The zero-order valence-electron chi connectivity index (χ0n) is 19.1. The Balaban J connectivity index is 1.62. The highest BCUT2D eigenvalue weighted by atomic mass is 16.5. The van der Waals surface area contributed by atoms with Crippen LogP contribution in [0.15, 0.2) is 85.1 Å². The topological polar surface area (TPSA) is 46.5 Å². The molecule has 1 aromatic heterocycles. The van der Waals surface area contributed by atoms with Crippen LogP contribution in [0.25, 0.3) is 5.69 Å². The summed E-state index contributed by atoms with van der Waals surface area (Å²) in [6, 6.07) is 26.1. The molecule has 1 N–H and O–H groups in total. The average molecular weight is 438 g/mol. The minimum absolute atomic E-state index is 0.134. The molecule has 0 saturated heterocycles. The first-order valence-corrected chi connectivity index (χ1v) is 11.1. The maximum absolute atomic E-state index is 13.8. The van der Waals surface area contributed by atoms with Gasteiger partial charge in [0.2, 0.25) is 0 Å². The van der Waals surface area contributed by atoms with Crippen LogP contribution >= 0.6 is 0 Å². The maximum atomic E-state index is 13.8. The number of fused-ring (bicyclic) bond motifs is 3. The van der Waals surface area contributed by atoms with Crippen LogP contribution < -0.4 is 10.1 Å². The van der Waals surface area contributed by atoms with Gasteiger partial charge in [0.05, 0.1) is 25.4 Å². The summed E-state index contributed by atoms with van der Waals surface area (Å²) in [6.07, 6.45) is 2.07. The lowest BCUT2D eigenvalue weighted by Crippen LogP contribution is -2.38. The van der Waals surface area contributed by atoms with Gasteiger partial charge in [0.15, 0.2) is 0 Å². The minimum atomic E-state index is -0.260. The van der Waals surface area contributed by atoms with Crippen LogP contribution in [-0.4, -0.2) is 22.6 Å². The number of ether oxygens (including phenoxy) is 1. The van der Waals surface area contributed by atoms with Crippen LogP contribution in [0.1, 0.15) is 34.0 Å². The van der Waals surface area contributed by atoms with Crippen molar-refractivity contribution in [2.24, 2.45) is 0 Å². The Bertz CT molecular complexity index is 1290. The summed E-state index contributed by atoms with van der Waals surface area (Å²) in [5.74, 6) is 0.789. The summed E-state index contributed by atoms with van der Waals surface area (Å²) in [4.78, 5) is 15.7. The first-order chi connectivity index (χ1) is 16.0. The number of carbonyl (C=O) groups excluding carboxylic acids is 1. The van der Waals surface area contributed by atoms with E-state index in [2.05, 4.69) is 40.3 Å². The number of nitrogens with zero attached hydrogens (tertiary/aromatic N) is 2. The van der Waals surface area contributed by atoms with E-state index < -0.39 is 0 Å². The fourth-order valence-electron chi connectivity index (χ4n) is 4.72. The van der Waals surface area contributed by atoms with E-state index >= 15 is 0 Å². The summed E-state index contributed by atoms with van der Waals surface area (Å²) in [5, 5.41) is 3.15. The smallest absolute Gasteiger partial charge is 0.322 e. The lowest BCUT2D eigenvalue weighted by Gasteiger charge is -2.31. The first kappa shape index (κ1) is 20.9. The van der Waals surface area contributed by atoms with Crippen molar-refractivity contribution in [2.75, 3.05) is 12.4 Å². The van der Waals surface area contributed by atoms with Crippen molar-refractivity contribution in [3.05, 3.63) is 113 Å². The summed E-state index contributed by atoms with van der Waals surface area (Å²) in [5.41, 5.74) is 7.30. The molecule has 2 amide bonds. The van der Waals surface area contributed by atoms with Gasteiger partial charge in [-0.25, -0.2) is 4.79 Å². The third kappa shape index (κ3) is 3.98. The van der Waals surface area contributed by atoms with Gasteiger partial charge >= 0.3 is 6.03 Å². The number of aromatic nitrogens is 1. The van der Waals surface area contributed by atoms with Gasteiger partial charge < -0.3 is 19.5 Å². The van der Waals surface area contributed by atoms with E-state index in [0.29, 0.717) is 6.54 Å². The second-order valence-electron chi connectivity index (χ2n) is 8.54. The van der Waals surface area contributed by atoms with E-state index in [1.165, 1.54) is 0 Å². The van der Waals surface area contributed by atoms with E-state index in [1.807, 2.05) is 73.3 Å². The molecule has 0 radical (unpaired) electrons. The predicted molar refractivity (Wildman–Crippen MR) is 131 cm³/mol. The zero-order valence-corrected chi connectivity index (χ0v) is 19.1. The van der Waals surface area contributed by atoms with Crippen molar-refractivity contribution in [3.8, 4) is 11.4 Å². The van der Waals surface area contributed by atoms with Crippen LogP contribution in [-0.2, 0) is 6.54 Å². The van der Waals surface area contributed by atoms with Crippen LogP contribution in [0.4, 0.5) is 10.5 Å². The Kier molecular flexibility index (Phi) is 5.38. The molecule has 3 aromatic carbocycles. The Morgan fingerprint density at radius 2 is 1.67 bits per heavy atom. The van der Waals surface area contributed by atoms with Gasteiger partial charge in [-0.3, -0.25) is 0 Å². The number of benzene rings is 3. The number of carbonyl (C=O) groups is 1. The standard InChI is InChI=1S/C28H27N3O2/c1-19-15-20(2)17-23(16-19)29-28(32)31-18-22-7-4-5-8-25(22)30-14-6-9-26(30)27(31)21-10-12-24(33-3)13-11-21/h4-17,27H,18H2,1-3H3,(H,29,32). The molecule has 1 atom stereocenters. The molecule has 0 spiro atoms. The Morgan fingerprint density at radius 3 is 2.39 bits per heavy atom. The fourth-order valence-corrected chi connectivity index (χ4v) is 4.72. The summed E-state index contributed by atoms with van der Waals surface area (Å²) < 4.78 is 7.55. The summed E-state index contributed by atoms with van der Waals surface area (Å²) >= 11 is 0. The Morgan fingerprint density at radius 1 is 0.939 bits per heavy atom. The third-order valence-electron chi connectivity index (χ3n) is 6.13. The van der Waals surface area contributed by atoms with E-state index in [-0.39, 0.29) is 12.1 Å². The number of hydrogen-bond acceptors (Lipinski definition) is 2. The number of nitrogens with one attached hydrogen (secondary N) is 1. The minimum Gasteiger partial charge on any atom is -0.497 e. The largest absolute Gasteiger partial charge is 0.497 e. The van der Waals surface area contributed by atoms with Crippen molar-refractivity contribution in [1.82, 2.24) is 9.47 Å². The molecule has 5 heteroatoms. The SMILES string of the molecule is COc1ccc(C2c3cccn3-c3ccccc3CN2C(=O)Nc2cc(C)cc(C)c2)cc1. The molecule has 0 aliphatic carbocycles. The quantitative estimate of drug-likeness (QED) is 0.412. The third-order valence-corrected chi connectivity index (χ3v) is 6.13. The molecule has 5 nitrogen and oxygen atoms in total. The van der Waals surface area contributed by atoms with E-state index in [1.54, 1.807) is 7.11 Å². The van der Waals surface area contributed by atoms with Gasteiger partial charge in [0, 0.05) is 17.6 Å². The molecule has 2 heterocycles. The monoisotopic (exact) mass is 437 g/mol. The maximum Gasteiger partial charge on any atom is 0.322 e. The molecule has 0 saturated carbocycles. The molecule has 4 aromatic rings. The first-order valence-electron chi connectivity index (χ1n) is 11.1. The normalized spacial score (nSPS) is 14.8. The second-order valence-corrected chi connectivity index (χ2v) is 8.54. The van der Waals surface area contributed by atoms with Gasteiger partial charge in [-0.1, -0.05) is 36.4 Å². The van der Waals surface area contributed by atoms with E-state index in [9.17, 15) is 4.79 Å². The van der Waals surface area contributed by atoms with Gasteiger partial charge in [0.25, 0.3) is 0 Å². The molecule has 1 aliphatic heterocycles. The predicted octanol–water partition coefficient (Wildman–Crippen LogP) is 6.24. The van der Waals surface area contributed by atoms with E-state index in [0.717, 1.165) is 45.1 Å². The molecular formula is C28H27N3O2. The highest BCUT2D eigenvalue weighted by Crippen LogP contribution is 2.37. The number of methoxy groups -OCH3 is 1. The van der Waals surface area contributed by atoms with Crippen molar-refractivity contribution in [2.45, 2.75) is 26.4 Å². The van der Waals surface area contributed by atoms with Crippen LogP contribution in [0, 0.1) is 13.8 Å². The fraction of sp³-hybridized carbons (Fsp3) is 0.179. The van der Waals surface area contributed by atoms with Crippen LogP contribution in [0.2, 0.25) is 0 Å². The van der Waals surface area contributed by atoms with Crippen LogP contribution in [0.3, 0.4) is 0 Å². The molecule has 1 aliphatic rings. The molecule has 5 rings (SSSR count). The van der Waals surface area contributed by atoms with Crippen molar-refractivity contribution in [3.63, 3.8) is 0 Å². The zero-order chi connectivity index (χ0) is 22.9. The number of para-hydroxylation sites is 1. The van der Waals surface area contributed by atoms with Gasteiger partial charge in [0.1, 0.15) is 5.75 Å². The molecule has 1 unspecified atom stereocenters. The number of urea groups is 1. The van der Waals surface area contributed by atoms with Crippen molar-refractivity contribution < 1.29 is 9.53 Å².